The van der Waals surface area contributed by atoms with Gasteiger partial charge in [0.25, 0.3) is 0 Å². The maximum absolute atomic E-state index is 9.81. The van der Waals surface area contributed by atoms with E-state index in [1.165, 1.54) is 57.9 Å². The van der Waals surface area contributed by atoms with E-state index in [4.69, 9.17) is 0 Å². The van der Waals surface area contributed by atoms with Gasteiger partial charge in [-0.2, -0.15) is 0 Å². The smallest absolute Gasteiger partial charge is 0.0499 e. The average Bonchev–Trinajstić information content (AvgIpc) is 2.60. The van der Waals surface area contributed by atoms with Crippen LogP contribution < -0.4 is 0 Å². The molecule has 0 bridgehead atoms. The van der Waals surface area contributed by atoms with Crippen LogP contribution in [-0.4, -0.2) is 36.2 Å². The van der Waals surface area contributed by atoms with E-state index in [-0.39, 0.29) is 5.41 Å². The highest BCUT2D eigenvalue weighted by atomic mass is 16.3. The maximum atomic E-state index is 9.81. The Morgan fingerprint density at radius 2 is 1.71 bits per heavy atom. The molecule has 0 heterocycles. The summed E-state index contributed by atoms with van der Waals surface area (Å²) in [5, 5.41) is 9.81. The normalized spacial score (nSPS) is 20.5. The lowest BCUT2D eigenvalue weighted by Gasteiger charge is -2.36. The van der Waals surface area contributed by atoms with E-state index in [0.29, 0.717) is 6.61 Å². The van der Waals surface area contributed by atoms with Gasteiger partial charge in [-0.1, -0.05) is 46.0 Å². The van der Waals surface area contributed by atoms with Crippen LogP contribution in [0.15, 0.2) is 0 Å². The van der Waals surface area contributed by atoms with Crippen molar-refractivity contribution in [3.8, 4) is 0 Å². The molecule has 1 saturated carbocycles. The first-order valence-corrected chi connectivity index (χ1v) is 7.59. The Kier molecular flexibility index (Phi) is 7.14. The molecule has 1 fully saturated rings. The monoisotopic (exact) mass is 241 g/mol. The number of hydrogen-bond donors (Lipinski definition) is 1. The fraction of sp³-hybridized carbons (Fsp3) is 1.00. The van der Waals surface area contributed by atoms with Gasteiger partial charge in [0.15, 0.2) is 0 Å². The molecular weight excluding hydrogens is 210 g/mol. The molecule has 0 amide bonds. The van der Waals surface area contributed by atoms with Gasteiger partial charge in [0.05, 0.1) is 0 Å². The van der Waals surface area contributed by atoms with Crippen LogP contribution in [0.4, 0.5) is 0 Å². The van der Waals surface area contributed by atoms with Crippen LogP contribution >= 0.6 is 0 Å². The number of aliphatic hydroxyl groups is 1. The number of rotatable bonds is 7. The lowest BCUT2D eigenvalue weighted by atomic mass is 9.80. The Morgan fingerprint density at radius 3 is 2.18 bits per heavy atom. The lowest BCUT2D eigenvalue weighted by molar-refractivity contribution is 0.0607. The molecule has 0 unspecified atom stereocenters. The molecule has 1 aliphatic carbocycles. The molecule has 0 aliphatic heterocycles. The van der Waals surface area contributed by atoms with Crippen molar-refractivity contribution in [2.75, 3.05) is 26.2 Å². The van der Waals surface area contributed by atoms with Crippen LogP contribution in [0, 0.1) is 5.41 Å². The summed E-state index contributed by atoms with van der Waals surface area (Å²) in [4.78, 5) is 2.55. The number of aliphatic hydroxyl groups excluding tert-OH is 1. The fourth-order valence-corrected chi connectivity index (χ4v) is 3.05. The van der Waals surface area contributed by atoms with Crippen molar-refractivity contribution < 1.29 is 5.11 Å². The van der Waals surface area contributed by atoms with Crippen molar-refractivity contribution in [2.24, 2.45) is 5.41 Å². The van der Waals surface area contributed by atoms with Crippen molar-refractivity contribution in [1.82, 2.24) is 4.90 Å². The van der Waals surface area contributed by atoms with E-state index in [9.17, 15) is 5.11 Å². The van der Waals surface area contributed by atoms with Gasteiger partial charge in [-0.25, -0.2) is 0 Å². The lowest BCUT2D eigenvalue weighted by Crippen LogP contribution is -2.40. The SMILES string of the molecule is CCCCN(CC)CC1(CO)CCCCCC1. The molecule has 1 rings (SSSR count). The van der Waals surface area contributed by atoms with Crippen LogP contribution in [0.1, 0.15) is 65.2 Å². The molecule has 2 nitrogen and oxygen atoms in total. The molecule has 0 aromatic rings. The van der Waals surface area contributed by atoms with Crippen molar-refractivity contribution in [3.63, 3.8) is 0 Å². The fourth-order valence-electron chi connectivity index (χ4n) is 3.05. The highest BCUT2D eigenvalue weighted by Gasteiger charge is 2.31. The molecular formula is C15H31NO. The summed E-state index contributed by atoms with van der Waals surface area (Å²) in [5.41, 5.74) is 0.209. The van der Waals surface area contributed by atoms with Gasteiger partial charge in [0, 0.05) is 18.6 Å². The minimum Gasteiger partial charge on any atom is -0.396 e. The molecule has 1 N–H and O–H groups in total. The van der Waals surface area contributed by atoms with Gasteiger partial charge < -0.3 is 10.0 Å². The first kappa shape index (κ1) is 15.0. The summed E-state index contributed by atoms with van der Waals surface area (Å²) in [6.45, 7) is 8.32. The molecule has 1 aliphatic rings. The molecule has 0 atom stereocenters. The zero-order valence-electron chi connectivity index (χ0n) is 11.9. The van der Waals surface area contributed by atoms with Crippen LogP contribution in [0.25, 0.3) is 0 Å². The van der Waals surface area contributed by atoms with Crippen molar-refractivity contribution in [1.29, 1.82) is 0 Å². The minimum atomic E-state index is 0.209. The molecule has 2 heteroatoms. The summed E-state index contributed by atoms with van der Waals surface area (Å²) in [6, 6.07) is 0. The Bertz CT molecular complexity index is 185. The Balaban J connectivity index is 2.51. The van der Waals surface area contributed by atoms with E-state index in [2.05, 4.69) is 18.7 Å². The Morgan fingerprint density at radius 1 is 1.06 bits per heavy atom. The Labute approximate surface area is 107 Å². The first-order chi connectivity index (χ1) is 8.26. The molecule has 0 radical (unpaired) electrons. The summed E-state index contributed by atoms with van der Waals surface area (Å²) >= 11 is 0. The average molecular weight is 241 g/mol. The third-order valence-electron chi connectivity index (χ3n) is 4.33. The maximum Gasteiger partial charge on any atom is 0.0499 e. The highest BCUT2D eigenvalue weighted by molar-refractivity contribution is 4.84. The number of hydrogen-bond acceptors (Lipinski definition) is 2. The predicted molar refractivity (Wildman–Crippen MR) is 74.2 cm³/mol. The largest absolute Gasteiger partial charge is 0.396 e. The predicted octanol–water partition coefficient (Wildman–Crippen LogP) is 3.44. The number of unbranched alkanes of at least 4 members (excludes halogenated alkanes) is 1. The molecule has 0 aromatic heterocycles. The first-order valence-electron chi connectivity index (χ1n) is 7.59. The highest BCUT2D eigenvalue weighted by Crippen LogP contribution is 2.35. The van der Waals surface area contributed by atoms with E-state index in [1.54, 1.807) is 0 Å². The van der Waals surface area contributed by atoms with Crippen LogP contribution in [0.5, 0.6) is 0 Å². The third-order valence-corrected chi connectivity index (χ3v) is 4.33. The zero-order chi connectivity index (χ0) is 12.6. The van der Waals surface area contributed by atoms with E-state index in [1.807, 2.05) is 0 Å². The minimum absolute atomic E-state index is 0.209. The van der Waals surface area contributed by atoms with E-state index in [0.717, 1.165) is 13.1 Å². The summed E-state index contributed by atoms with van der Waals surface area (Å²) in [6.07, 6.45) is 10.4. The van der Waals surface area contributed by atoms with E-state index < -0.39 is 0 Å². The second-order valence-corrected chi connectivity index (χ2v) is 5.79. The van der Waals surface area contributed by atoms with Gasteiger partial charge >= 0.3 is 0 Å². The molecule has 102 valence electrons. The van der Waals surface area contributed by atoms with Crippen molar-refractivity contribution in [2.45, 2.75) is 65.2 Å². The summed E-state index contributed by atoms with van der Waals surface area (Å²) in [7, 11) is 0. The second-order valence-electron chi connectivity index (χ2n) is 5.79. The van der Waals surface area contributed by atoms with Gasteiger partial charge in [0.1, 0.15) is 0 Å². The van der Waals surface area contributed by atoms with Gasteiger partial charge in [-0.05, 0) is 32.4 Å². The Hall–Kier alpha value is -0.0800. The van der Waals surface area contributed by atoms with Crippen molar-refractivity contribution in [3.05, 3.63) is 0 Å². The third kappa shape index (κ3) is 4.97. The molecule has 0 saturated heterocycles. The standard InChI is InChI=1S/C15H31NO/c1-3-5-12-16(4-2)13-15(14-17)10-8-6-7-9-11-15/h17H,3-14H2,1-2H3. The van der Waals surface area contributed by atoms with Gasteiger partial charge in [-0.15, -0.1) is 0 Å². The van der Waals surface area contributed by atoms with Crippen molar-refractivity contribution >= 4 is 0 Å². The van der Waals surface area contributed by atoms with E-state index >= 15 is 0 Å². The van der Waals surface area contributed by atoms with Crippen LogP contribution in [0.3, 0.4) is 0 Å². The zero-order valence-corrected chi connectivity index (χ0v) is 11.9. The molecule has 17 heavy (non-hydrogen) atoms. The van der Waals surface area contributed by atoms with Gasteiger partial charge in [0.2, 0.25) is 0 Å². The van der Waals surface area contributed by atoms with Crippen LogP contribution in [-0.2, 0) is 0 Å². The van der Waals surface area contributed by atoms with Gasteiger partial charge in [-0.3, -0.25) is 0 Å². The second kappa shape index (κ2) is 8.10. The molecule has 0 spiro atoms. The summed E-state index contributed by atoms with van der Waals surface area (Å²) in [5.74, 6) is 0. The summed E-state index contributed by atoms with van der Waals surface area (Å²) < 4.78 is 0. The quantitative estimate of drug-likeness (QED) is 0.690. The molecule has 0 aromatic carbocycles. The van der Waals surface area contributed by atoms with Crippen LogP contribution in [0.2, 0.25) is 0 Å². The number of nitrogens with zero attached hydrogens (tertiary/aromatic N) is 1. The topological polar surface area (TPSA) is 23.5 Å².